The molecule has 1 N–H and O–H groups in total. The monoisotopic (exact) mass is 197 g/mol. The van der Waals surface area contributed by atoms with Crippen molar-refractivity contribution in [2.24, 2.45) is 11.8 Å². The molecule has 0 aliphatic heterocycles. The number of fused-ring (bicyclic) bond motifs is 1. The van der Waals surface area contributed by atoms with Crippen molar-refractivity contribution in [3.63, 3.8) is 0 Å². The van der Waals surface area contributed by atoms with Gasteiger partial charge in [0.25, 0.3) is 0 Å². The number of rotatable bonds is 2. The van der Waals surface area contributed by atoms with E-state index in [2.05, 4.69) is 18.9 Å². The van der Waals surface area contributed by atoms with E-state index >= 15 is 0 Å². The zero-order valence-corrected chi connectivity index (χ0v) is 9.45. The largest absolute Gasteiger partial charge is 0.393 e. The summed E-state index contributed by atoms with van der Waals surface area (Å²) in [6, 6.07) is 0.792. The van der Waals surface area contributed by atoms with E-state index in [-0.39, 0.29) is 6.10 Å². The van der Waals surface area contributed by atoms with Gasteiger partial charge in [0.2, 0.25) is 0 Å². The number of nitrogens with zero attached hydrogens (tertiary/aromatic N) is 1. The second kappa shape index (κ2) is 4.19. The fourth-order valence-corrected chi connectivity index (χ4v) is 3.31. The van der Waals surface area contributed by atoms with Crippen molar-refractivity contribution in [1.82, 2.24) is 4.90 Å². The molecule has 2 saturated carbocycles. The minimum absolute atomic E-state index is 0.00179. The van der Waals surface area contributed by atoms with Gasteiger partial charge in [-0.1, -0.05) is 6.92 Å². The summed E-state index contributed by atoms with van der Waals surface area (Å²) >= 11 is 0. The normalized spacial score (nSPS) is 42.9. The number of aliphatic hydroxyl groups excluding tert-OH is 1. The minimum Gasteiger partial charge on any atom is -0.393 e. The molecule has 2 heteroatoms. The molecule has 0 bridgehead atoms. The summed E-state index contributed by atoms with van der Waals surface area (Å²) in [5, 5.41) is 9.62. The molecule has 0 aromatic rings. The average Bonchev–Trinajstić information content (AvgIpc) is 2.59. The maximum Gasteiger partial charge on any atom is 0.0543 e. The summed E-state index contributed by atoms with van der Waals surface area (Å²) in [6.45, 7) is 3.39. The molecule has 82 valence electrons. The van der Waals surface area contributed by atoms with E-state index in [1.807, 2.05) is 0 Å². The van der Waals surface area contributed by atoms with E-state index in [9.17, 15) is 5.11 Å². The summed E-state index contributed by atoms with van der Waals surface area (Å²) in [6.07, 6.45) is 6.08. The second-order valence-corrected chi connectivity index (χ2v) is 5.19. The molecule has 14 heavy (non-hydrogen) atoms. The molecule has 2 aliphatic carbocycles. The molecule has 2 aliphatic rings. The molecule has 2 fully saturated rings. The van der Waals surface area contributed by atoms with Crippen LogP contribution in [0.3, 0.4) is 0 Å². The lowest BCUT2D eigenvalue weighted by atomic mass is 9.80. The van der Waals surface area contributed by atoms with Crippen LogP contribution in [0.4, 0.5) is 0 Å². The average molecular weight is 197 g/mol. The molecule has 0 aromatic heterocycles. The lowest BCUT2D eigenvalue weighted by Gasteiger charge is -2.28. The molecular formula is C12H23NO. The third kappa shape index (κ3) is 1.96. The smallest absolute Gasteiger partial charge is 0.0543 e. The molecule has 0 spiro atoms. The predicted molar refractivity (Wildman–Crippen MR) is 58.2 cm³/mol. The van der Waals surface area contributed by atoms with Gasteiger partial charge in [-0.05, 0) is 57.5 Å². The van der Waals surface area contributed by atoms with E-state index < -0.39 is 0 Å². The van der Waals surface area contributed by atoms with E-state index in [0.717, 1.165) is 37.3 Å². The Morgan fingerprint density at radius 2 is 1.86 bits per heavy atom. The highest BCUT2D eigenvalue weighted by Gasteiger charge is 2.39. The minimum atomic E-state index is 0.00179. The Balaban J connectivity index is 1.92. The molecule has 4 unspecified atom stereocenters. The van der Waals surface area contributed by atoms with Crippen molar-refractivity contribution in [3.8, 4) is 0 Å². The Morgan fingerprint density at radius 3 is 2.57 bits per heavy atom. The Bertz CT molecular complexity index is 195. The van der Waals surface area contributed by atoms with E-state index in [1.165, 1.54) is 19.3 Å². The van der Waals surface area contributed by atoms with Crippen LogP contribution in [0, 0.1) is 11.8 Å². The summed E-state index contributed by atoms with van der Waals surface area (Å²) in [7, 11) is 2.23. The third-order valence-electron chi connectivity index (χ3n) is 4.38. The van der Waals surface area contributed by atoms with Crippen molar-refractivity contribution >= 4 is 0 Å². The summed E-state index contributed by atoms with van der Waals surface area (Å²) in [5.41, 5.74) is 0. The van der Waals surface area contributed by atoms with Crippen LogP contribution in [0.25, 0.3) is 0 Å². The van der Waals surface area contributed by atoms with Crippen LogP contribution in [0.2, 0.25) is 0 Å². The van der Waals surface area contributed by atoms with Gasteiger partial charge >= 0.3 is 0 Å². The third-order valence-corrected chi connectivity index (χ3v) is 4.38. The first-order valence-corrected chi connectivity index (χ1v) is 6.09. The highest BCUT2D eigenvalue weighted by Crippen LogP contribution is 2.43. The van der Waals surface area contributed by atoms with Gasteiger partial charge in [0.15, 0.2) is 0 Å². The van der Waals surface area contributed by atoms with Crippen LogP contribution in [-0.4, -0.2) is 35.7 Å². The Labute approximate surface area is 87.3 Å². The van der Waals surface area contributed by atoms with Crippen LogP contribution in [-0.2, 0) is 0 Å². The summed E-state index contributed by atoms with van der Waals surface area (Å²) in [5.74, 6) is 1.73. The van der Waals surface area contributed by atoms with E-state index in [1.54, 1.807) is 0 Å². The Hall–Kier alpha value is -0.0800. The van der Waals surface area contributed by atoms with Crippen LogP contribution < -0.4 is 0 Å². The number of hydrogen-bond donors (Lipinski definition) is 1. The maximum absolute atomic E-state index is 9.62. The highest BCUT2D eigenvalue weighted by atomic mass is 16.3. The molecule has 0 radical (unpaired) electrons. The van der Waals surface area contributed by atoms with Gasteiger partial charge < -0.3 is 10.0 Å². The van der Waals surface area contributed by atoms with Crippen molar-refractivity contribution in [1.29, 1.82) is 0 Å². The van der Waals surface area contributed by atoms with Crippen LogP contribution in [0.1, 0.15) is 39.0 Å². The maximum atomic E-state index is 9.62. The van der Waals surface area contributed by atoms with Crippen LogP contribution in [0.5, 0.6) is 0 Å². The van der Waals surface area contributed by atoms with Crippen molar-refractivity contribution in [3.05, 3.63) is 0 Å². The van der Waals surface area contributed by atoms with Crippen LogP contribution in [0.15, 0.2) is 0 Å². The van der Waals surface area contributed by atoms with Gasteiger partial charge in [-0.25, -0.2) is 0 Å². The molecule has 4 atom stereocenters. The SMILES string of the molecule is CCN(C)C1CC2CCC(O)CC2C1. The van der Waals surface area contributed by atoms with E-state index in [4.69, 9.17) is 0 Å². The second-order valence-electron chi connectivity index (χ2n) is 5.19. The van der Waals surface area contributed by atoms with Gasteiger partial charge in [-0.2, -0.15) is 0 Å². The fraction of sp³-hybridized carbons (Fsp3) is 1.00. The first kappa shape index (κ1) is 10.4. The lowest BCUT2D eigenvalue weighted by molar-refractivity contribution is 0.0805. The van der Waals surface area contributed by atoms with Gasteiger partial charge in [0.1, 0.15) is 0 Å². The van der Waals surface area contributed by atoms with Gasteiger partial charge in [0, 0.05) is 6.04 Å². The molecule has 2 rings (SSSR count). The molecule has 0 saturated heterocycles. The molecule has 0 aromatic carbocycles. The Morgan fingerprint density at radius 1 is 1.14 bits per heavy atom. The molecule has 0 heterocycles. The van der Waals surface area contributed by atoms with Gasteiger partial charge in [-0.15, -0.1) is 0 Å². The van der Waals surface area contributed by atoms with Gasteiger partial charge in [-0.3, -0.25) is 0 Å². The van der Waals surface area contributed by atoms with E-state index in [0.29, 0.717) is 0 Å². The first-order chi connectivity index (χ1) is 6.70. The fourth-order valence-electron chi connectivity index (χ4n) is 3.31. The zero-order chi connectivity index (χ0) is 10.1. The number of aliphatic hydroxyl groups is 1. The summed E-state index contributed by atoms with van der Waals surface area (Å²) < 4.78 is 0. The molecule has 0 amide bonds. The van der Waals surface area contributed by atoms with Crippen molar-refractivity contribution < 1.29 is 5.11 Å². The first-order valence-electron chi connectivity index (χ1n) is 6.09. The number of hydrogen-bond acceptors (Lipinski definition) is 2. The predicted octanol–water partition coefficient (Wildman–Crippen LogP) is 1.88. The molecule has 2 nitrogen and oxygen atoms in total. The highest BCUT2D eigenvalue weighted by molar-refractivity contribution is 4.92. The topological polar surface area (TPSA) is 23.5 Å². The molecular weight excluding hydrogens is 174 g/mol. The zero-order valence-electron chi connectivity index (χ0n) is 9.45. The van der Waals surface area contributed by atoms with Crippen LogP contribution >= 0.6 is 0 Å². The quantitative estimate of drug-likeness (QED) is 0.730. The van der Waals surface area contributed by atoms with Crippen molar-refractivity contribution in [2.75, 3.05) is 13.6 Å². The standard InChI is InChI=1S/C12H23NO/c1-3-13(2)11-6-9-4-5-12(14)8-10(9)7-11/h9-12,14H,3-8H2,1-2H3. The Kier molecular flexibility index (Phi) is 3.13. The van der Waals surface area contributed by atoms with Crippen molar-refractivity contribution in [2.45, 2.75) is 51.2 Å². The summed E-state index contributed by atoms with van der Waals surface area (Å²) in [4.78, 5) is 2.48. The van der Waals surface area contributed by atoms with Gasteiger partial charge in [0.05, 0.1) is 6.10 Å². The lowest BCUT2D eigenvalue weighted by Crippen LogP contribution is -2.29.